The van der Waals surface area contributed by atoms with Gasteiger partial charge in [-0.05, 0) is 25.7 Å². The van der Waals surface area contributed by atoms with Crippen LogP contribution >= 0.6 is 0 Å². The van der Waals surface area contributed by atoms with E-state index in [1.807, 2.05) is 41.2 Å². The first kappa shape index (κ1) is 19.0. The first-order chi connectivity index (χ1) is 14.8. The summed E-state index contributed by atoms with van der Waals surface area (Å²) in [7, 11) is 0. The quantitative estimate of drug-likeness (QED) is 0.656. The van der Waals surface area contributed by atoms with E-state index in [-0.39, 0.29) is 12.0 Å². The number of amides is 1. The highest BCUT2D eigenvalue weighted by Gasteiger charge is 2.30. The van der Waals surface area contributed by atoms with Crippen molar-refractivity contribution >= 4 is 5.91 Å². The molecule has 1 aromatic carbocycles. The lowest BCUT2D eigenvalue weighted by atomic mass is 9.87. The van der Waals surface area contributed by atoms with E-state index in [0.717, 1.165) is 44.3 Å². The molecule has 1 aliphatic heterocycles. The number of nitrogens with zero attached hydrogens (tertiary/aromatic N) is 6. The highest BCUT2D eigenvalue weighted by molar-refractivity contribution is 5.79. The fourth-order valence-electron chi connectivity index (χ4n) is 4.54. The maximum absolute atomic E-state index is 12.8. The lowest BCUT2D eigenvalue weighted by Crippen LogP contribution is -2.42. The van der Waals surface area contributed by atoms with Crippen LogP contribution in [0.1, 0.15) is 51.0 Å². The highest BCUT2D eigenvalue weighted by Crippen LogP contribution is 2.29. The molecule has 1 amide bonds. The molecule has 2 aliphatic rings. The van der Waals surface area contributed by atoms with E-state index in [1.165, 1.54) is 19.3 Å². The van der Waals surface area contributed by atoms with Crippen LogP contribution in [-0.4, -0.2) is 49.0 Å². The van der Waals surface area contributed by atoms with Crippen LogP contribution < -0.4 is 0 Å². The van der Waals surface area contributed by atoms with Crippen molar-refractivity contribution < 1.29 is 9.32 Å². The lowest BCUT2D eigenvalue weighted by molar-refractivity contribution is -0.137. The Morgan fingerprint density at radius 2 is 1.77 bits per heavy atom. The van der Waals surface area contributed by atoms with E-state index in [4.69, 9.17) is 4.52 Å². The zero-order chi connectivity index (χ0) is 20.3. The summed E-state index contributed by atoms with van der Waals surface area (Å²) < 4.78 is 7.27. The summed E-state index contributed by atoms with van der Waals surface area (Å²) >= 11 is 0. The Hall–Kier alpha value is -3.03. The molecule has 2 aromatic heterocycles. The third kappa shape index (κ3) is 3.86. The van der Waals surface area contributed by atoms with Crippen molar-refractivity contribution in [3.05, 3.63) is 36.5 Å². The maximum Gasteiger partial charge on any atom is 0.280 e. The lowest BCUT2D eigenvalue weighted by Gasteiger charge is -2.35. The van der Waals surface area contributed by atoms with Gasteiger partial charge >= 0.3 is 0 Å². The van der Waals surface area contributed by atoms with Crippen LogP contribution in [0.3, 0.4) is 0 Å². The molecular weight excluding hydrogens is 380 g/mol. The Morgan fingerprint density at radius 1 is 1.00 bits per heavy atom. The van der Waals surface area contributed by atoms with Gasteiger partial charge in [-0.1, -0.05) is 60.0 Å². The second kappa shape index (κ2) is 8.38. The van der Waals surface area contributed by atoms with Crippen LogP contribution in [0.4, 0.5) is 0 Å². The second-order valence-electron chi connectivity index (χ2n) is 8.26. The molecule has 30 heavy (non-hydrogen) atoms. The number of hydrogen-bond acceptors (Lipinski definition) is 6. The monoisotopic (exact) mass is 406 g/mol. The molecular formula is C22H26N6O2. The largest absolute Gasteiger partial charge is 0.342 e. The van der Waals surface area contributed by atoms with Crippen LogP contribution in [0.25, 0.3) is 23.0 Å². The van der Waals surface area contributed by atoms with Gasteiger partial charge in [0.05, 0.1) is 12.2 Å². The Labute approximate surface area is 175 Å². The summed E-state index contributed by atoms with van der Waals surface area (Å²) in [6.45, 7) is 1.57. The van der Waals surface area contributed by atoms with Crippen molar-refractivity contribution in [1.29, 1.82) is 0 Å². The molecule has 1 aliphatic carbocycles. The van der Waals surface area contributed by atoms with Crippen LogP contribution in [0.15, 0.2) is 41.1 Å². The van der Waals surface area contributed by atoms with E-state index in [2.05, 4.69) is 25.4 Å². The van der Waals surface area contributed by atoms with E-state index in [9.17, 15) is 4.79 Å². The summed E-state index contributed by atoms with van der Waals surface area (Å²) in [4.78, 5) is 19.3. The normalized spacial score (nSPS) is 18.6. The molecule has 0 bridgehead atoms. The summed E-state index contributed by atoms with van der Waals surface area (Å²) in [6.07, 6.45) is 9.41. The molecule has 0 spiro atoms. The van der Waals surface area contributed by atoms with Crippen molar-refractivity contribution in [1.82, 2.24) is 30.0 Å². The minimum atomic E-state index is 0.234. The molecule has 0 N–H and O–H groups in total. The Morgan fingerprint density at radius 3 is 2.53 bits per heavy atom. The number of benzene rings is 1. The van der Waals surface area contributed by atoms with Crippen molar-refractivity contribution in [3.8, 4) is 23.0 Å². The number of carbonyl (C=O) groups is 1. The van der Waals surface area contributed by atoms with Crippen molar-refractivity contribution in [2.75, 3.05) is 13.1 Å². The van der Waals surface area contributed by atoms with Gasteiger partial charge in [-0.2, -0.15) is 4.98 Å². The predicted molar refractivity (Wildman–Crippen MR) is 110 cm³/mol. The van der Waals surface area contributed by atoms with Crippen molar-refractivity contribution in [2.45, 2.75) is 51.0 Å². The van der Waals surface area contributed by atoms with Gasteiger partial charge < -0.3 is 9.42 Å². The number of likely N-dealkylation sites (tertiary alicyclic amines) is 1. The first-order valence-electron chi connectivity index (χ1n) is 10.9. The molecule has 2 fully saturated rings. The second-order valence-corrected chi connectivity index (χ2v) is 8.26. The Kier molecular flexibility index (Phi) is 5.29. The SMILES string of the molecule is O=C(C1CCCCC1)N1CCC(n2cc(-c3nc(-c4ccccc4)no3)nn2)CC1. The van der Waals surface area contributed by atoms with Gasteiger partial charge in [0.25, 0.3) is 5.89 Å². The molecule has 0 atom stereocenters. The first-order valence-corrected chi connectivity index (χ1v) is 10.9. The molecule has 1 saturated heterocycles. The van der Waals surface area contributed by atoms with E-state index < -0.39 is 0 Å². The summed E-state index contributed by atoms with van der Waals surface area (Å²) in [5.41, 5.74) is 1.47. The molecule has 3 aromatic rings. The van der Waals surface area contributed by atoms with E-state index >= 15 is 0 Å². The standard InChI is InChI=1S/C22H26N6O2/c29-22(17-9-5-2-6-10-17)27-13-11-18(12-14-27)28-15-19(24-26-28)21-23-20(25-30-21)16-7-3-1-4-8-16/h1,3-4,7-8,15,17-18H,2,5-6,9-14H2. The van der Waals surface area contributed by atoms with E-state index in [0.29, 0.717) is 23.3 Å². The minimum absolute atomic E-state index is 0.234. The van der Waals surface area contributed by atoms with Crippen LogP contribution in [0.2, 0.25) is 0 Å². The van der Waals surface area contributed by atoms with E-state index in [1.54, 1.807) is 0 Å². The zero-order valence-electron chi connectivity index (χ0n) is 17.0. The molecule has 3 heterocycles. The fraction of sp³-hybridized carbons (Fsp3) is 0.500. The maximum atomic E-state index is 12.8. The number of hydrogen-bond donors (Lipinski definition) is 0. The van der Waals surface area contributed by atoms with Crippen LogP contribution in [0.5, 0.6) is 0 Å². The minimum Gasteiger partial charge on any atom is -0.342 e. The molecule has 156 valence electrons. The molecule has 8 heteroatoms. The summed E-state index contributed by atoms with van der Waals surface area (Å²) in [5, 5.41) is 12.6. The molecule has 8 nitrogen and oxygen atoms in total. The van der Waals surface area contributed by atoms with Crippen LogP contribution in [0, 0.1) is 5.92 Å². The fourth-order valence-corrected chi connectivity index (χ4v) is 4.54. The summed E-state index contributed by atoms with van der Waals surface area (Å²) in [5.74, 6) is 1.50. The van der Waals surface area contributed by atoms with Crippen molar-refractivity contribution in [2.24, 2.45) is 5.92 Å². The van der Waals surface area contributed by atoms with Gasteiger partial charge in [-0.25, -0.2) is 4.68 Å². The van der Waals surface area contributed by atoms with Gasteiger partial charge in [-0.3, -0.25) is 4.79 Å². The average molecular weight is 406 g/mol. The highest BCUT2D eigenvalue weighted by atomic mass is 16.5. The molecule has 0 radical (unpaired) electrons. The Bertz CT molecular complexity index is 984. The van der Waals surface area contributed by atoms with Gasteiger partial charge in [0.1, 0.15) is 0 Å². The summed E-state index contributed by atoms with van der Waals surface area (Å²) in [6, 6.07) is 9.93. The van der Waals surface area contributed by atoms with Gasteiger partial charge in [0.2, 0.25) is 11.7 Å². The molecule has 0 unspecified atom stereocenters. The van der Waals surface area contributed by atoms with Crippen molar-refractivity contribution in [3.63, 3.8) is 0 Å². The van der Waals surface area contributed by atoms with Crippen LogP contribution in [-0.2, 0) is 4.79 Å². The predicted octanol–water partition coefficient (Wildman–Crippen LogP) is 3.74. The number of carbonyl (C=O) groups excluding carboxylic acids is 1. The molecule has 5 rings (SSSR count). The smallest absolute Gasteiger partial charge is 0.280 e. The number of rotatable bonds is 4. The average Bonchev–Trinajstić information content (AvgIpc) is 3.50. The number of aromatic nitrogens is 5. The zero-order valence-corrected chi connectivity index (χ0v) is 17.0. The molecule has 1 saturated carbocycles. The topological polar surface area (TPSA) is 89.9 Å². The van der Waals surface area contributed by atoms with Gasteiger partial charge in [0.15, 0.2) is 5.69 Å². The van der Waals surface area contributed by atoms with Gasteiger partial charge in [-0.15, -0.1) is 5.10 Å². The Balaban J connectivity index is 1.21. The third-order valence-corrected chi connectivity index (χ3v) is 6.29. The third-order valence-electron chi connectivity index (χ3n) is 6.29. The number of piperidine rings is 1. The van der Waals surface area contributed by atoms with Gasteiger partial charge in [0, 0.05) is 24.6 Å².